The first kappa shape index (κ1) is 19.2. The lowest BCUT2D eigenvalue weighted by Crippen LogP contribution is -2.19. The van der Waals surface area contributed by atoms with Crippen molar-refractivity contribution in [3.8, 4) is 11.5 Å². The van der Waals surface area contributed by atoms with Gasteiger partial charge in [0.05, 0.1) is 6.61 Å². The van der Waals surface area contributed by atoms with E-state index in [1.807, 2.05) is 31.2 Å². The van der Waals surface area contributed by atoms with Crippen LogP contribution in [0, 0.1) is 0 Å². The summed E-state index contributed by atoms with van der Waals surface area (Å²) in [7, 11) is 0. The number of rotatable bonds is 8. The van der Waals surface area contributed by atoms with Crippen molar-refractivity contribution in [1.29, 1.82) is 0 Å². The van der Waals surface area contributed by atoms with E-state index in [2.05, 4.69) is 10.3 Å². The van der Waals surface area contributed by atoms with Crippen molar-refractivity contribution < 1.29 is 14.3 Å². The van der Waals surface area contributed by atoms with Gasteiger partial charge in [-0.25, -0.2) is 4.98 Å². The van der Waals surface area contributed by atoms with Crippen LogP contribution >= 0.6 is 22.9 Å². The smallest absolute Gasteiger partial charge is 0.264 e. The molecule has 1 amide bonds. The van der Waals surface area contributed by atoms with Crippen molar-refractivity contribution in [3.63, 3.8) is 0 Å². The van der Waals surface area contributed by atoms with Gasteiger partial charge in [-0.2, -0.15) is 0 Å². The molecule has 0 atom stereocenters. The maximum Gasteiger partial charge on any atom is 0.264 e. The highest BCUT2D eigenvalue weighted by Crippen LogP contribution is 2.24. The fraction of sp³-hybridized carbons (Fsp3) is 0.200. The monoisotopic (exact) mass is 402 g/mol. The van der Waals surface area contributed by atoms with Gasteiger partial charge in [-0.05, 0) is 42.8 Å². The molecule has 5 nitrogen and oxygen atoms in total. The summed E-state index contributed by atoms with van der Waals surface area (Å²) in [5.74, 6) is 1.11. The van der Waals surface area contributed by atoms with Gasteiger partial charge in [-0.15, -0.1) is 11.3 Å². The van der Waals surface area contributed by atoms with Gasteiger partial charge >= 0.3 is 0 Å². The molecular weight excluding hydrogens is 384 g/mol. The lowest BCUT2D eigenvalue weighted by Gasteiger charge is -2.07. The van der Waals surface area contributed by atoms with Crippen molar-refractivity contribution in [2.24, 2.45) is 0 Å². The third kappa shape index (κ3) is 5.70. The van der Waals surface area contributed by atoms with Crippen molar-refractivity contribution in [2.45, 2.75) is 13.3 Å². The zero-order valence-corrected chi connectivity index (χ0v) is 16.3. The molecule has 0 bridgehead atoms. The summed E-state index contributed by atoms with van der Waals surface area (Å²) in [6.07, 6.45) is 2.42. The molecule has 0 unspecified atom stereocenters. The standard InChI is InChI=1S/C20H19ClN2O3S/c1-2-25-15-7-9-16(10-8-15)26-13-19(24)23-20-22-12-17(27-20)11-14-5-3-4-6-18(14)21/h3-10,12H,2,11,13H2,1H3,(H,22,23,24). The Hall–Kier alpha value is -2.57. The molecule has 1 heterocycles. The Labute approximate surface area is 166 Å². The molecule has 3 rings (SSSR count). The Morgan fingerprint density at radius 3 is 2.52 bits per heavy atom. The van der Waals surface area contributed by atoms with Crippen LogP contribution in [0.1, 0.15) is 17.4 Å². The number of hydrogen-bond donors (Lipinski definition) is 1. The molecule has 0 saturated carbocycles. The summed E-state index contributed by atoms with van der Waals surface area (Å²) in [6.45, 7) is 2.44. The fourth-order valence-corrected chi connectivity index (χ4v) is 3.43. The summed E-state index contributed by atoms with van der Waals surface area (Å²) in [6, 6.07) is 14.8. The summed E-state index contributed by atoms with van der Waals surface area (Å²) in [5, 5.41) is 4.01. The van der Waals surface area contributed by atoms with Gasteiger partial charge in [0.25, 0.3) is 5.91 Å². The second-order valence-electron chi connectivity index (χ2n) is 5.64. The summed E-state index contributed by atoms with van der Waals surface area (Å²) < 4.78 is 10.9. The van der Waals surface area contributed by atoms with Crippen LogP contribution in [0.5, 0.6) is 11.5 Å². The molecule has 0 aliphatic rings. The second-order valence-corrected chi connectivity index (χ2v) is 7.16. The van der Waals surface area contributed by atoms with Gasteiger partial charge in [0, 0.05) is 22.5 Å². The second kappa shape index (κ2) is 9.39. The molecule has 0 aliphatic carbocycles. The summed E-state index contributed by atoms with van der Waals surface area (Å²) in [4.78, 5) is 17.3. The van der Waals surface area contributed by atoms with E-state index in [1.165, 1.54) is 11.3 Å². The minimum absolute atomic E-state index is 0.0899. The number of hydrogen-bond acceptors (Lipinski definition) is 5. The Morgan fingerprint density at radius 1 is 1.11 bits per heavy atom. The van der Waals surface area contributed by atoms with E-state index in [4.69, 9.17) is 21.1 Å². The average Bonchev–Trinajstić information content (AvgIpc) is 3.10. The van der Waals surface area contributed by atoms with Gasteiger partial charge in [0.2, 0.25) is 0 Å². The molecule has 27 heavy (non-hydrogen) atoms. The predicted octanol–water partition coefficient (Wildman–Crippen LogP) is 4.80. The maximum absolute atomic E-state index is 12.1. The number of anilines is 1. The quantitative estimate of drug-likeness (QED) is 0.587. The third-order valence-electron chi connectivity index (χ3n) is 3.63. The SMILES string of the molecule is CCOc1ccc(OCC(=O)Nc2ncc(Cc3ccccc3Cl)s2)cc1. The third-order valence-corrected chi connectivity index (χ3v) is 4.91. The number of thiazole rings is 1. The number of ether oxygens (including phenoxy) is 2. The molecule has 1 aromatic heterocycles. The highest BCUT2D eigenvalue weighted by atomic mass is 35.5. The number of aromatic nitrogens is 1. The zero-order chi connectivity index (χ0) is 19.1. The fourth-order valence-electron chi connectivity index (χ4n) is 2.38. The molecule has 0 fully saturated rings. The number of benzene rings is 2. The number of nitrogens with zero attached hydrogens (tertiary/aromatic N) is 1. The first-order valence-electron chi connectivity index (χ1n) is 8.47. The van der Waals surface area contributed by atoms with Crippen LogP contribution in [0.15, 0.2) is 54.7 Å². The Kier molecular flexibility index (Phi) is 6.68. The highest BCUT2D eigenvalue weighted by molar-refractivity contribution is 7.15. The summed E-state index contributed by atoms with van der Waals surface area (Å²) in [5.41, 5.74) is 1.03. The summed E-state index contributed by atoms with van der Waals surface area (Å²) >= 11 is 7.60. The maximum atomic E-state index is 12.1. The van der Waals surface area contributed by atoms with Crippen LogP contribution in [0.25, 0.3) is 0 Å². The molecule has 0 saturated heterocycles. The lowest BCUT2D eigenvalue weighted by atomic mass is 10.1. The van der Waals surface area contributed by atoms with Crippen LogP contribution in [-0.2, 0) is 11.2 Å². The minimum Gasteiger partial charge on any atom is -0.494 e. The minimum atomic E-state index is -0.262. The first-order valence-corrected chi connectivity index (χ1v) is 9.67. The topological polar surface area (TPSA) is 60.5 Å². The molecule has 1 N–H and O–H groups in total. The number of carbonyl (C=O) groups is 1. The number of halogens is 1. The number of carbonyl (C=O) groups excluding carboxylic acids is 1. The van der Waals surface area contributed by atoms with Gasteiger partial charge in [-0.3, -0.25) is 10.1 Å². The molecule has 7 heteroatoms. The molecule has 2 aromatic carbocycles. The predicted molar refractivity (Wildman–Crippen MR) is 108 cm³/mol. The van der Waals surface area contributed by atoms with E-state index in [1.54, 1.807) is 30.5 Å². The Balaban J connectivity index is 1.49. The van der Waals surface area contributed by atoms with E-state index in [-0.39, 0.29) is 12.5 Å². The van der Waals surface area contributed by atoms with E-state index < -0.39 is 0 Å². The van der Waals surface area contributed by atoms with Gasteiger partial charge < -0.3 is 9.47 Å². The number of nitrogens with one attached hydrogen (secondary N) is 1. The number of amides is 1. The molecule has 0 radical (unpaired) electrons. The van der Waals surface area contributed by atoms with Crippen molar-refractivity contribution in [3.05, 3.63) is 70.2 Å². The van der Waals surface area contributed by atoms with E-state index >= 15 is 0 Å². The Bertz CT molecular complexity index is 896. The van der Waals surface area contributed by atoms with E-state index in [0.717, 1.165) is 21.2 Å². The normalized spacial score (nSPS) is 10.4. The highest BCUT2D eigenvalue weighted by Gasteiger charge is 2.09. The molecule has 0 spiro atoms. The van der Waals surface area contributed by atoms with Gasteiger partial charge in [0.15, 0.2) is 11.7 Å². The van der Waals surface area contributed by atoms with Crippen molar-refractivity contribution in [1.82, 2.24) is 4.98 Å². The van der Waals surface area contributed by atoms with Crippen molar-refractivity contribution in [2.75, 3.05) is 18.5 Å². The van der Waals surface area contributed by atoms with Gasteiger partial charge in [0.1, 0.15) is 11.5 Å². The van der Waals surface area contributed by atoms with E-state index in [0.29, 0.717) is 23.9 Å². The largest absolute Gasteiger partial charge is 0.494 e. The molecule has 0 aliphatic heterocycles. The first-order chi connectivity index (χ1) is 13.1. The van der Waals surface area contributed by atoms with Crippen LogP contribution in [0.2, 0.25) is 5.02 Å². The van der Waals surface area contributed by atoms with Gasteiger partial charge in [-0.1, -0.05) is 29.8 Å². The van der Waals surface area contributed by atoms with E-state index in [9.17, 15) is 4.79 Å². The van der Waals surface area contributed by atoms with Crippen LogP contribution in [-0.4, -0.2) is 24.1 Å². The molecular formula is C20H19ClN2O3S. The Morgan fingerprint density at radius 2 is 1.81 bits per heavy atom. The van der Waals surface area contributed by atoms with Crippen LogP contribution in [0.4, 0.5) is 5.13 Å². The van der Waals surface area contributed by atoms with Crippen molar-refractivity contribution >= 4 is 34.0 Å². The van der Waals surface area contributed by atoms with Crippen LogP contribution < -0.4 is 14.8 Å². The lowest BCUT2D eigenvalue weighted by molar-refractivity contribution is -0.118. The average molecular weight is 403 g/mol. The zero-order valence-electron chi connectivity index (χ0n) is 14.8. The molecule has 140 valence electrons. The van der Waals surface area contributed by atoms with Crippen LogP contribution in [0.3, 0.4) is 0 Å². The molecule has 3 aromatic rings.